The molecule has 3 aromatic rings. The number of esters is 1. The summed E-state index contributed by atoms with van der Waals surface area (Å²) in [6, 6.07) is 4.73. The van der Waals surface area contributed by atoms with Gasteiger partial charge in [0.1, 0.15) is 6.61 Å². The monoisotopic (exact) mass is 508 g/mol. The lowest BCUT2D eigenvalue weighted by molar-refractivity contribution is -0.172. The van der Waals surface area contributed by atoms with E-state index in [4.69, 9.17) is 14.5 Å². The maximum Gasteiger partial charge on any atom is 0.343 e. The summed E-state index contributed by atoms with van der Waals surface area (Å²) >= 11 is 0. The van der Waals surface area contributed by atoms with E-state index in [0.717, 1.165) is 42.7 Å². The Balaban J connectivity index is 1.57. The second-order valence-corrected chi connectivity index (χ2v) is 10.1. The highest BCUT2D eigenvalue weighted by atomic mass is 19.1. The number of ether oxygens (including phenoxy) is 2. The van der Waals surface area contributed by atoms with Crippen molar-refractivity contribution in [1.82, 2.24) is 19.4 Å². The second kappa shape index (κ2) is 8.61. The smallest absolute Gasteiger partial charge is 0.343 e. The van der Waals surface area contributed by atoms with Crippen molar-refractivity contribution in [2.45, 2.75) is 38.6 Å². The highest BCUT2D eigenvalue weighted by molar-refractivity contribution is 5.90. The Hall–Kier alpha value is -3.34. The Labute approximate surface area is 213 Å². The highest BCUT2D eigenvalue weighted by Crippen LogP contribution is 2.41. The zero-order valence-corrected chi connectivity index (χ0v) is 21.1. The van der Waals surface area contributed by atoms with Gasteiger partial charge in [-0.25, -0.2) is 14.2 Å². The normalized spacial score (nSPS) is 21.5. The molecule has 0 unspecified atom stereocenters. The molecule has 37 heavy (non-hydrogen) atoms. The first-order chi connectivity index (χ1) is 17.7. The van der Waals surface area contributed by atoms with Crippen LogP contribution in [-0.4, -0.2) is 70.8 Å². The first-order valence-corrected chi connectivity index (χ1v) is 12.5. The predicted octanol–water partition coefficient (Wildman–Crippen LogP) is 1.97. The van der Waals surface area contributed by atoms with E-state index < -0.39 is 17.4 Å². The number of cyclic esters (lactones) is 1. The number of benzene rings is 1. The molecule has 9 nitrogen and oxygen atoms in total. The van der Waals surface area contributed by atoms with Gasteiger partial charge in [0.05, 0.1) is 36.1 Å². The van der Waals surface area contributed by atoms with Gasteiger partial charge in [0.15, 0.2) is 17.2 Å². The molecule has 3 aliphatic heterocycles. The van der Waals surface area contributed by atoms with E-state index in [1.807, 2.05) is 0 Å². The number of carbonyl (C=O) groups excluding carboxylic acids is 1. The summed E-state index contributed by atoms with van der Waals surface area (Å²) in [5, 5.41) is 11.9. The minimum absolute atomic E-state index is 0.0688. The van der Waals surface area contributed by atoms with Gasteiger partial charge in [-0.05, 0) is 31.2 Å². The Morgan fingerprint density at radius 3 is 2.62 bits per heavy atom. The summed E-state index contributed by atoms with van der Waals surface area (Å²) in [4.78, 5) is 35.5. The molecule has 1 saturated heterocycles. The first-order valence-electron chi connectivity index (χ1n) is 12.5. The summed E-state index contributed by atoms with van der Waals surface area (Å²) in [7, 11) is 3.53. The fraction of sp³-hybridized carbons (Fsp3) is 0.444. The molecule has 1 aromatic carbocycles. The van der Waals surface area contributed by atoms with Crippen LogP contribution in [-0.2, 0) is 34.8 Å². The standard InChI is InChI=1S/C27H29FN4O5/c1-4-27(35)19-10-22-24-17(13-32(22)25(33)18(19)14-37-26(27)34)16(12-31-7-5-30(2)6-8-31)15-9-23(36-3)20(28)11-21(15)29-24/h9-11,35H,4-8,12-14H2,1-3H3/t27-/m0/s1. The first kappa shape index (κ1) is 24.0. The Bertz CT molecular complexity index is 1510. The predicted molar refractivity (Wildman–Crippen MR) is 134 cm³/mol. The number of nitrogens with zero attached hydrogens (tertiary/aromatic N) is 4. The number of likely N-dealkylation sites (N-methyl/N-ethyl adjacent to an activating group) is 1. The van der Waals surface area contributed by atoms with Gasteiger partial charge in [-0.3, -0.25) is 9.69 Å². The fourth-order valence-electron chi connectivity index (χ4n) is 5.73. The zero-order valence-electron chi connectivity index (χ0n) is 21.1. The number of methoxy groups -OCH3 is 1. The van der Waals surface area contributed by atoms with Crippen LogP contribution in [0.2, 0.25) is 0 Å². The van der Waals surface area contributed by atoms with Crippen molar-refractivity contribution in [2.24, 2.45) is 0 Å². The summed E-state index contributed by atoms with van der Waals surface area (Å²) in [5.74, 6) is -1.14. The zero-order chi connectivity index (χ0) is 26.1. The third kappa shape index (κ3) is 3.58. The van der Waals surface area contributed by atoms with Gasteiger partial charge in [0.25, 0.3) is 5.56 Å². The molecule has 1 atom stereocenters. The summed E-state index contributed by atoms with van der Waals surface area (Å²) in [6.07, 6.45) is 0.0688. The number of halogens is 1. The van der Waals surface area contributed by atoms with Crippen molar-refractivity contribution >= 4 is 16.9 Å². The van der Waals surface area contributed by atoms with Gasteiger partial charge in [-0.15, -0.1) is 0 Å². The average Bonchev–Trinajstić information content (AvgIpc) is 3.26. The van der Waals surface area contributed by atoms with Crippen molar-refractivity contribution in [2.75, 3.05) is 40.3 Å². The number of fused-ring (bicyclic) bond motifs is 5. The molecular weight excluding hydrogens is 479 g/mol. The molecule has 0 saturated carbocycles. The van der Waals surface area contributed by atoms with Crippen LogP contribution in [0.4, 0.5) is 4.39 Å². The van der Waals surface area contributed by atoms with E-state index in [-0.39, 0.29) is 35.5 Å². The van der Waals surface area contributed by atoms with E-state index in [9.17, 15) is 19.1 Å². The maximum absolute atomic E-state index is 14.8. The number of hydrogen-bond acceptors (Lipinski definition) is 8. The van der Waals surface area contributed by atoms with Crippen LogP contribution in [0.3, 0.4) is 0 Å². The summed E-state index contributed by atoms with van der Waals surface area (Å²) in [6.45, 7) is 6.06. The molecular formula is C27H29FN4O5. The third-order valence-electron chi connectivity index (χ3n) is 8.06. The number of carbonyl (C=O) groups is 1. The minimum Gasteiger partial charge on any atom is -0.494 e. The van der Waals surface area contributed by atoms with Crippen LogP contribution in [0.5, 0.6) is 5.75 Å². The molecule has 194 valence electrons. The molecule has 10 heteroatoms. The van der Waals surface area contributed by atoms with Crippen LogP contribution in [0.1, 0.15) is 35.6 Å². The Morgan fingerprint density at radius 1 is 1.16 bits per heavy atom. The van der Waals surface area contributed by atoms with E-state index in [2.05, 4.69) is 16.8 Å². The van der Waals surface area contributed by atoms with Crippen LogP contribution >= 0.6 is 0 Å². The molecule has 0 radical (unpaired) electrons. The lowest BCUT2D eigenvalue weighted by atomic mass is 9.86. The topological polar surface area (TPSA) is 97.1 Å². The number of rotatable bonds is 4. The van der Waals surface area contributed by atoms with Gasteiger partial charge in [-0.1, -0.05) is 6.92 Å². The molecule has 0 spiro atoms. The van der Waals surface area contributed by atoms with Crippen LogP contribution in [0.15, 0.2) is 23.0 Å². The quantitative estimate of drug-likeness (QED) is 0.418. The summed E-state index contributed by atoms with van der Waals surface area (Å²) in [5.41, 5.74) is 1.72. The molecule has 0 amide bonds. The lowest BCUT2D eigenvalue weighted by Gasteiger charge is -2.33. The maximum atomic E-state index is 14.8. The summed E-state index contributed by atoms with van der Waals surface area (Å²) < 4.78 is 26.8. The van der Waals surface area contributed by atoms with Crippen LogP contribution in [0, 0.1) is 5.82 Å². The Morgan fingerprint density at radius 2 is 1.92 bits per heavy atom. The van der Waals surface area contributed by atoms with Crippen molar-refractivity contribution < 1.29 is 23.8 Å². The molecule has 1 N–H and O–H groups in total. The highest BCUT2D eigenvalue weighted by Gasteiger charge is 2.45. The molecule has 1 fully saturated rings. The number of piperazine rings is 1. The van der Waals surface area contributed by atoms with Crippen molar-refractivity contribution in [3.8, 4) is 17.1 Å². The fourth-order valence-corrected chi connectivity index (χ4v) is 5.73. The molecule has 0 aliphatic carbocycles. The molecule has 0 bridgehead atoms. The Kier molecular flexibility index (Phi) is 5.59. The largest absolute Gasteiger partial charge is 0.494 e. The van der Waals surface area contributed by atoms with Crippen LogP contribution in [0.25, 0.3) is 22.3 Å². The molecule has 2 aromatic heterocycles. The van der Waals surface area contributed by atoms with E-state index >= 15 is 0 Å². The molecule has 6 rings (SSSR count). The van der Waals surface area contributed by atoms with Crippen molar-refractivity contribution in [3.63, 3.8) is 0 Å². The lowest BCUT2D eigenvalue weighted by Crippen LogP contribution is -2.44. The molecule has 3 aliphatic rings. The van der Waals surface area contributed by atoms with Gasteiger partial charge in [0, 0.05) is 55.3 Å². The minimum atomic E-state index is -1.90. The number of aromatic nitrogens is 2. The third-order valence-corrected chi connectivity index (χ3v) is 8.06. The van der Waals surface area contributed by atoms with Gasteiger partial charge in [0.2, 0.25) is 0 Å². The van der Waals surface area contributed by atoms with Crippen molar-refractivity contribution in [1.29, 1.82) is 0 Å². The van der Waals surface area contributed by atoms with Gasteiger partial charge < -0.3 is 24.0 Å². The van der Waals surface area contributed by atoms with Crippen LogP contribution < -0.4 is 10.3 Å². The van der Waals surface area contributed by atoms with Gasteiger partial charge >= 0.3 is 5.97 Å². The number of pyridine rings is 2. The van der Waals surface area contributed by atoms with E-state index in [0.29, 0.717) is 30.0 Å². The van der Waals surface area contributed by atoms with E-state index in [1.54, 1.807) is 23.6 Å². The average molecular weight is 509 g/mol. The van der Waals surface area contributed by atoms with Gasteiger partial charge in [-0.2, -0.15) is 0 Å². The number of hydrogen-bond donors (Lipinski definition) is 1. The SMILES string of the molecule is CC[C@@]1(O)C(=O)OCc2c1cc1n(c2=O)Cc2c-1nc1cc(F)c(OC)cc1c2CN1CCN(C)CC1. The van der Waals surface area contributed by atoms with Crippen molar-refractivity contribution in [3.05, 3.63) is 56.6 Å². The molecule has 5 heterocycles. The second-order valence-electron chi connectivity index (χ2n) is 10.1. The number of aliphatic hydroxyl groups is 1. The van der Waals surface area contributed by atoms with E-state index in [1.165, 1.54) is 13.2 Å².